The van der Waals surface area contributed by atoms with Crippen molar-refractivity contribution in [3.63, 3.8) is 0 Å². The van der Waals surface area contributed by atoms with Crippen LogP contribution in [0.25, 0.3) is 11.4 Å². The van der Waals surface area contributed by atoms with E-state index in [4.69, 9.17) is 0 Å². The summed E-state index contributed by atoms with van der Waals surface area (Å²) in [6.07, 6.45) is 4.50. The van der Waals surface area contributed by atoms with Crippen LogP contribution < -0.4 is 0 Å². The van der Waals surface area contributed by atoms with Crippen LogP contribution in [0.1, 0.15) is 12.0 Å². The van der Waals surface area contributed by atoms with Crippen LogP contribution >= 0.6 is 0 Å². The zero-order valence-electron chi connectivity index (χ0n) is 12.8. The molecule has 120 valence electrons. The second kappa shape index (κ2) is 5.69. The number of nitrogens with zero attached hydrogens (tertiary/aromatic N) is 3. The van der Waals surface area contributed by atoms with Crippen molar-refractivity contribution < 1.29 is 8.42 Å². The van der Waals surface area contributed by atoms with E-state index in [1.807, 2.05) is 42.7 Å². The van der Waals surface area contributed by atoms with Crippen molar-refractivity contribution >= 4 is 9.84 Å². The second-order valence-corrected chi connectivity index (χ2v) is 8.77. The lowest BCUT2D eigenvalue weighted by molar-refractivity contribution is 0.313. The number of hydrogen-bond donors (Lipinski definition) is 0. The van der Waals surface area contributed by atoms with Gasteiger partial charge in [-0.2, -0.15) is 0 Å². The Kier molecular flexibility index (Phi) is 3.66. The maximum absolute atomic E-state index is 12.0. The number of aromatic nitrogens is 2. The summed E-state index contributed by atoms with van der Waals surface area (Å²) in [5, 5.41) is -0.160. The molecule has 0 spiro atoms. The van der Waals surface area contributed by atoms with E-state index >= 15 is 0 Å². The lowest BCUT2D eigenvalue weighted by atomic mass is 10.1. The zero-order valence-corrected chi connectivity index (χ0v) is 13.6. The molecule has 0 bridgehead atoms. The molecule has 0 aliphatic carbocycles. The molecule has 0 saturated carbocycles. The minimum Gasteiger partial charge on any atom is -0.297 e. The second-order valence-electron chi connectivity index (χ2n) is 6.43. The summed E-state index contributed by atoms with van der Waals surface area (Å²) in [7, 11) is -2.86. The Morgan fingerprint density at radius 1 is 1.09 bits per heavy atom. The van der Waals surface area contributed by atoms with E-state index in [-0.39, 0.29) is 5.25 Å². The highest BCUT2D eigenvalue weighted by atomic mass is 32.2. The van der Waals surface area contributed by atoms with Crippen LogP contribution in [0.3, 0.4) is 0 Å². The van der Waals surface area contributed by atoms with E-state index in [2.05, 4.69) is 14.9 Å². The first-order valence-corrected chi connectivity index (χ1v) is 9.64. The van der Waals surface area contributed by atoms with Gasteiger partial charge in [0, 0.05) is 43.2 Å². The number of rotatable bonds is 3. The largest absolute Gasteiger partial charge is 0.297 e. The predicted octanol–water partition coefficient (Wildman–Crippen LogP) is 1.76. The van der Waals surface area contributed by atoms with Gasteiger partial charge in [0.15, 0.2) is 15.7 Å². The molecule has 2 aliphatic rings. The molecule has 5 nitrogen and oxygen atoms in total. The third kappa shape index (κ3) is 2.88. The predicted molar refractivity (Wildman–Crippen MR) is 88.4 cm³/mol. The van der Waals surface area contributed by atoms with Crippen LogP contribution in [0.15, 0.2) is 42.7 Å². The van der Waals surface area contributed by atoms with Gasteiger partial charge in [-0.15, -0.1) is 0 Å². The average Bonchev–Trinajstić information content (AvgIpc) is 3.09. The molecule has 23 heavy (non-hydrogen) atoms. The van der Waals surface area contributed by atoms with E-state index in [0.717, 1.165) is 36.5 Å². The summed E-state index contributed by atoms with van der Waals surface area (Å²) in [5.74, 6) is 1.39. The fourth-order valence-corrected chi connectivity index (χ4v) is 5.82. The third-order valence-corrected chi connectivity index (χ3v) is 7.10. The van der Waals surface area contributed by atoms with Crippen LogP contribution in [-0.2, 0) is 16.4 Å². The summed E-state index contributed by atoms with van der Waals surface area (Å²) in [6.45, 7) is 2.23. The minimum absolute atomic E-state index is 0.160. The van der Waals surface area contributed by atoms with Gasteiger partial charge < -0.3 is 0 Å². The Morgan fingerprint density at radius 3 is 2.52 bits per heavy atom. The maximum atomic E-state index is 12.0. The van der Waals surface area contributed by atoms with Crippen LogP contribution in [0.4, 0.5) is 0 Å². The lowest BCUT2D eigenvalue weighted by Gasteiger charge is -2.16. The van der Waals surface area contributed by atoms with Crippen LogP contribution in [-0.4, -0.2) is 47.4 Å². The number of likely N-dealkylation sites (tertiary alicyclic amines) is 1. The quantitative estimate of drug-likeness (QED) is 0.859. The summed E-state index contributed by atoms with van der Waals surface area (Å²) in [4.78, 5) is 11.1. The van der Waals surface area contributed by atoms with Gasteiger partial charge >= 0.3 is 0 Å². The SMILES string of the molecule is O=S1(=O)CC[C@@H]2CN(Cc3cnc(-c4ccccc4)nc3)C[C@@H]21. The fourth-order valence-electron chi connectivity index (χ4n) is 3.64. The first-order chi connectivity index (χ1) is 11.1. The van der Waals surface area contributed by atoms with Gasteiger partial charge in [-0.25, -0.2) is 18.4 Å². The fraction of sp³-hybridized carbons (Fsp3) is 0.412. The molecule has 0 radical (unpaired) electrons. The van der Waals surface area contributed by atoms with Crippen molar-refractivity contribution in [2.75, 3.05) is 18.8 Å². The first kappa shape index (κ1) is 14.8. The standard InChI is InChI=1S/C17H19N3O2S/c21-23(22)7-6-15-11-20(12-16(15)23)10-13-8-18-17(19-9-13)14-4-2-1-3-5-14/h1-5,8-9,15-16H,6-7,10-12H2/t15-,16+/m1/s1. The number of hydrogen-bond acceptors (Lipinski definition) is 5. The van der Waals surface area contributed by atoms with Gasteiger partial charge in [-0.3, -0.25) is 4.90 Å². The van der Waals surface area contributed by atoms with Gasteiger partial charge in [-0.1, -0.05) is 30.3 Å². The topological polar surface area (TPSA) is 63.2 Å². The van der Waals surface area contributed by atoms with Gasteiger partial charge in [0.25, 0.3) is 0 Å². The smallest absolute Gasteiger partial charge is 0.159 e. The number of benzene rings is 1. The monoisotopic (exact) mass is 329 g/mol. The summed E-state index contributed by atoms with van der Waals surface area (Å²) < 4.78 is 24.0. The number of sulfone groups is 1. The molecule has 2 aliphatic heterocycles. The van der Waals surface area contributed by atoms with Crippen molar-refractivity contribution in [3.8, 4) is 11.4 Å². The van der Waals surface area contributed by atoms with Crippen LogP contribution in [0.2, 0.25) is 0 Å². The van der Waals surface area contributed by atoms with E-state index in [9.17, 15) is 8.42 Å². The van der Waals surface area contributed by atoms with Crippen molar-refractivity contribution in [1.29, 1.82) is 0 Å². The maximum Gasteiger partial charge on any atom is 0.159 e. The van der Waals surface area contributed by atoms with Gasteiger partial charge in [-0.05, 0) is 12.3 Å². The Morgan fingerprint density at radius 2 is 1.83 bits per heavy atom. The van der Waals surface area contributed by atoms with Gasteiger partial charge in [0.05, 0.1) is 11.0 Å². The van der Waals surface area contributed by atoms with Crippen molar-refractivity contribution in [2.45, 2.75) is 18.2 Å². The molecule has 0 amide bonds. The average molecular weight is 329 g/mol. The van der Waals surface area contributed by atoms with Gasteiger partial charge in [0.1, 0.15) is 0 Å². The molecule has 4 rings (SSSR count). The minimum atomic E-state index is -2.86. The number of fused-ring (bicyclic) bond motifs is 1. The molecule has 2 fully saturated rings. The van der Waals surface area contributed by atoms with Crippen molar-refractivity contribution in [2.24, 2.45) is 5.92 Å². The molecule has 3 heterocycles. The Balaban J connectivity index is 1.45. The van der Waals surface area contributed by atoms with E-state index < -0.39 is 9.84 Å². The lowest BCUT2D eigenvalue weighted by Crippen LogP contribution is -2.26. The summed E-state index contributed by atoms with van der Waals surface area (Å²) >= 11 is 0. The van der Waals surface area contributed by atoms with E-state index in [1.165, 1.54) is 0 Å². The summed E-state index contributed by atoms with van der Waals surface area (Å²) in [6, 6.07) is 9.88. The van der Waals surface area contributed by atoms with E-state index in [1.54, 1.807) is 0 Å². The Bertz CT molecular complexity index is 790. The Hall–Kier alpha value is -1.79. The molecule has 0 N–H and O–H groups in total. The van der Waals surface area contributed by atoms with Crippen LogP contribution in [0, 0.1) is 5.92 Å². The molecular formula is C17H19N3O2S. The zero-order chi connectivity index (χ0) is 15.9. The highest BCUT2D eigenvalue weighted by Gasteiger charge is 2.45. The van der Waals surface area contributed by atoms with Crippen molar-refractivity contribution in [3.05, 3.63) is 48.3 Å². The highest BCUT2D eigenvalue weighted by Crippen LogP contribution is 2.34. The molecule has 0 unspecified atom stereocenters. The molecule has 2 atom stereocenters. The van der Waals surface area contributed by atoms with Gasteiger partial charge in [0.2, 0.25) is 0 Å². The molecule has 1 aromatic carbocycles. The molecule has 6 heteroatoms. The van der Waals surface area contributed by atoms with E-state index in [0.29, 0.717) is 18.2 Å². The molecular weight excluding hydrogens is 310 g/mol. The van der Waals surface area contributed by atoms with Crippen LogP contribution in [0.5, 0.6) is 0 Å². The molecule has 2 saturated heterocycles. The Labute approximate surface area is 136 Å². The molecule has 2 aromatic rings. The van der Waals surface area contributed by atoms with Crippen molar-refractivity contribution in [1.82, 2.24) is 14.9 Å². The summed E-state index contributed by atoms with van der Waals surface area (Å²) in [5.41, 5.74) is 2.03. The highest BCUT2D eigenvalue weighted by molar-refractivity contribution is 7.92. The normalized spacial score (nSPS) is 26.3. The molecule has 1 aromatic heterocycles. The third-order valence-electron chi connectivity index (χ3n) is 4.83. The first-order valence-electron chi connectivity index (χ1n) is 7.92.